The number of fused-ring (bicyclic) bond motifs is 1. The first kappa shape index (κ1) is 22.6. The number of ether oxygens (including phenoxy) is 2. The van der Waals surface area contributed by atoms with Gasteiger partial charge in [-0.25, -0.2) is 0 Å². The summed E-state index contributed by atoms with van der Waals surface area (Å²) in [6.45, 7) is 7.94. The molecule has 0 spiro atoms. The van der Waals surface area contributed by atoms with Crippen LogP contribution in [0.2, 0.25) is 0 Å². The number of amides is 2. The van der Waals surface area contributed by atoms with Crippen LogP contribution in [-0.4, -0.2) is 49.6 Å². The van der Waals surface area contributed by atoms with E-state index in [0.717, 1.165) is 29.7 Å². The fourth-order valence-electron chi connectivity index (χ4n) is 3.59. The zero-order chi connectivity index (χ0) is 22.2. The first-order chi connectivity index (χ1) is 15.0. The van der Waals surface area contributed by atoms with Gasteiger partial charge in [-0.05, 0) is 42.6 Å². The largest absolute Gasteiger partial charge is 0.486 e. The lowest BCUT2D eigenvalue weighted by molar-refractivity contribution is -0.119. The molecule has 0 atom stereocenters. The van der Waals surface area contributed by atoms with Gasteiger partial charge in [0.25, 0.3) is 0 Å². The number of nitrogens with one attached hydrogen (secondary N) is 2. The van der Waals surface area contributed by atoms with E-state index in [1.54, 1.807) is 18.2 Å². The Morgan fingerprint density at radius 3 is 2.10 bits per heavy atom. The number of aryl methyl sites for hydroxylation is 2. The maximum absolute atomic E-state index is 12.7. The van der Waals surface area contributed by atoms with Crippen molar-refractivity contribution in [1.82, 2.24) is 4.90 Å². The Balaban J connectivity index is 1.57. The summed E-state index contributed by atoms with van der Waals surface area (Å²) in [6.07, 6.45) is 1.69. The summed E-state index contributed by atoms with van der Waals surface area (Å²) in [5, 5.41) is 5.93. The lowest BCUT2D eigenvalue weighted by Crippen LogP contribution is -2.38. The molecule has 1 aliphatic heterocycles. The standard InChI is InChI=1S/C24H31N3O4/c1-4-17-8-7-9-18(5-2)24(17)26-23(29)16-27(6-3)15-22(28)25-19-10-11-20-21(14-19)31-13-12-30-20/h7-11,14H,4-6,12-13,15-16H2,1-3H3,(H,25,28)(H,26,29). The van der Waals surface area contributed by atoms with Gasteiger partial charge in [0.15, 0.2) is 11.5 Å². The van der Waals surface area contributed by atoms with Gasteiger partial charge in [-0.2, -0.15) is 0 Å². The topological polar surface area (TPSA) is 79.9 Å². The van der Waals surface area contributed by atoms with Crippen molar-refractivity contribution >= 4 is 23.2 Å². The molecule has 2 N–H and O–H groups in total. The quantitative estimate of drug-likeness (QED) is 0.643. The van der Waals surface area contributed by atoms with Gasteiger partial charge in [-0.1, -0.05) is 39.0 Å². The van der Waals surface area contributed by atoms with Crippen molar-refractivity contribution < 1.29 is 19.1 Å². The summed E-state index contributed by atoms with van der Waals surface area (Å²) in [5.74, 6) is 0.992. The summed E-state index contributed by atoms with van der Waals surface area (Å²) in [7, 11) is 0. The molecule has 0 unspecified atom stereocenters. The van der Waals surface area contributed by atoms with Gasteiger partial charge in [0.05, 0.1) is 13.1 Å². The van der Waals surface area contributed by atoms with Crippen LogP contribution in [0.3, 0.4) is 0 Å². The van der Waals surface area contributed by atoms with Crippen LogP contribution in [0.4, 0.5) is 11.4 Å². The van der Waals surface area contributed by atoms with Crippen LogP contribution >= 0.6 is 0 Å². The van der Waals surface area contributed by atoms with Crippen LogP contribution in [0.15, 0.2) is 36.4 Å². The predicted molar refractivity (Wildman–Crippen MR) is 122 cm³/mol. The molecule has 7 nitrogen and oxygen atoms in total. The van der Waals surface area contributed by atoms with Gasteiger partial charge in [0.1, 0.15) is 13.2 Å². The van der Waals surface area contributed by atoms with Crippen LogP contribution < -0.4 is 20.1 Å². The molecular formula is C24H31N3O4. The second-order valence-corrected chi connectivity index (χ2v) is 7.42. The zero-order valence-corrected chi connectivity index (χ0v) is 18.5. The number of benzene rings is 2. The molecule has 0 fully saturated rings. The van der Waals surface area contributed by atoms with Crippen molar-refractivity contribution in [1.29, 1.82) is 0 Å². The van der Waals surface area contributed by atoms with Gasteiger partial charge < -0.3 is 20.1 Å². The molecule has 2 aromatic carbocycles. The number of likely N-dealkylation sites (N-methyl/N-ethyl adjacent to an activating group) is 1. The van der Waals surface area contributed by atoms with Gasteiger partial charge >= 0.3 is 0 Å². The summed E-state index contributed by atoms with van der Waals surface area (Å²) >= 11 is 0. The number of hydrogen-bond acceptors (Lipinski definition) is 5. The van der Waals surface area contributed by atoms with E-state index in [-0.39, 0.29) is 24.9 Å². The molecule has 31 heavy (non-hydrogen) atoms. The Hall–Kier alpha value is -3.06. The van der Waals surface area contributed by atoms with Crippen LogP contribution in [0.25, 0.3) is 0 Å². The molecule has 0 saturated heterocycles. The number of para-hydroxylation sites is 1. The molecule has 2 amide bonds. The smallest absolute Gasteiger partial charge is 0.238 e. The molecule has 7 heteroatoms. The normalized spacial score (nSPS) is 12.5. The predicted octanol–water partition coefficient (Wildman–Crippen LogP) is 3.48. The Bertz CT molecular complexity index is 907. The Kier molecular flexibility index (Phi) is 7.89. The molecule has 0 aromatic heterocycles. The summed E-state index contributed by atoms with van der Waals surface area (Å²) in [4.78, 5) is 27.0. The van der Waals surface area contributed by atoms with Crippen LogP contribution in [0.5, 0.6) is 11.5 Å². The number of carbonyl (C=O) groups is 2. The molecule has 2 aromatic rings. The van der Waals surface area contributed by atoms with Gasteiger partial charge in [-0.3, -0.25) is 14.5 Å². The Morgan fingerprint density at radius 2 is 1.48 bits per heavy atom. The molecule has 3 rings (SSSR count). The SMILES string of the molecule is CCc1cccc(CC)c1NC(=O)CN(CC)CC(=O)Nc1ccc2c(c1)OCCO2. The Labute approximate surface area is 183 Å². The second kappa shape index (κ2) is 10.8. The van der Waals surface area contributed by atoms with Crippen LogP contribution in [0.1, 0.15) is 31.9 Å². The third kappa shape index (κ3) is 5.98. The van der Waals surface area contributed by atoms with Gasteiger partial charge in [0.2, 0.25) is 11.8 Å². The monoisotopic (exact) mass is 425 g/mol. The molecule has 0 radical (unpaired) electrons. The summed E-state index contributed by atoms with van der Waals surface area (Å²) in [6, 6.07) is 11.4. The zero-order valence-electron chi connectivity index (χ0n) is 18.5. The molecule has 0 aliphatic carbocycles. The second-order valence-electron chi connectivity index (χ2n) is 7.42. The fourth-order valence-corrected chi connectivity index (χ4v) is 3.59. The number of rotatable bonds is 9. The highest BCUT2D eigenvalue weighted by molar-refractivity contribution is 5.95. The van der Waals surface area contributed by atoms with Crippen molar-refractivity contribution in [2.75, 3.05) is 43.5 Å². The van der Waals surface area contributed by atoms with E-state index >= 15 is 0 Å². The molecule has 1 heterocycles. The summed E-state index contributed by atoms with van der Waals surface area (Å²) in [5.41, 5.74) is 3.77. The highest BCUT2D eigenvalue weighted by Crippen LogP contribution is 2.32. The minimum atomic E-state index is -0.186. The van der Waals surface area contributed by atoms with Crippen molar-refractivity contribution in [2.45, 2.75) is 33.6 Å². The molecule has 0 bridgehead atoms. The van der Waals surface area contributed by atoms with E-state index in [0.29, 0.717) is 36.9 Å². The van der Waals surface area contributed by atoms with Crippen LogP contribution in [-0.2, 0) is 22.4 Å². The van der Waals surface area contributed by atoms with Gasteiger partial charge in [-0.15, -0.1) is 0 Å². The number of nitrogens with zero attached hydrogens (tertiary/aromatic N) is 1. The Morgan fingerprint density at radius 1 is 0.871 bits per heavy atom. The average molecular weight is 426 g/mol. The highest BCUT2D eigenvalue weighted by Gasteiger charge is 2.17. The third-order valence-electron chi connectivity index (χ3n) is 5.27. The summed E-state index contributed by atoms with van der Waals surface area (Å²) < 4.78 is 11.1. The average Bonchev–Trinajstić information content (AvgIpc) is 2.78. The third-order valence-corrected chi connectivity index (χ3v) is 5.27. The van der Waals surface area contributed by atoms with E-state index in [4.69, 9.17) is 9.47 Å². The van der Waals surface area contributed by atoms with E-state index < -0.39 is 0 Å². The van der Waals surface area contributed by atoms with Crippen molar-refractivity contribution in [3.05, 3.63) is 47.5 Å². The van der Waals surface area contributed by atoms with Gasteiger partial charge in [0, 0.05) is 17.4 Å². The molecule has 1 aliphatic rings. The minimum absolute atomic E-state index is 0.119. The number of carbonyl (C=O) groups excluding carboxylic acids is 2. The lowest BCUT2D eigenvalue weighted by Gasteiger charge is -2.21. The van der Waals surface area contributed by atoms with E-state index in [9.17, 15) is 9.59 Å². The molecule has 166 valence electrons. The molecular weight excluding hydrogens is 394 g/mol. The lowest BCUT2D eigenvalue weighted by atomic mass is 10.0. The van der Waals surface area contributed by atoms with E-state index in [1.807, 2.05) is 30.0 Å². The number of hydrogen-bond donors (Lipinski definition) is 2. The molecule has 0 saturated carbocycles. The van der Waals surface area contributed by atoms with Crippen molar-refractivity contribution in [2.24, 2.45) is 0 Å². The maximum atomic E-state index is 12.7. The van der Waals surface area contributed by atoms with Crippen molar-refractivity contribution in [3.8, 4) is 11.5 Å². The first-order valence-electron chi connectivity index (χ1n) is 10.9. The first-order valence-corrected chi connectivity index (χ1v) is 10.9. The van der Waals surface area contributed by atoms with Crippen molar-refractivity contribution in [3.63, 3.8) is 0 Å². The van der Waals surface area contributed by atoms with Crippen LogP contribution in [0, 0.1) is 0 Å². The highest BCUT2D eigenvalue weighted by atomic mass is 16.6. The minimum Gasteiger partial charge on any atom is -0.486 e. The number of anilines is 2. The fraction of sp³-hybridized carbons (Fsp3) is 0.417. The van der Waals surface area contributed by atoms with E-state index in [2.05, 4.69) is 24.5 Å². The van der Waals surface area contributed by atoms with E-state index in [1.165, 1.54) is 0 Å². The maximum Gasteiger partial charge on any atom is 0.238 e.